The van der Waals surface area contributed by atoms with Gasteiger partial charge in [-0.25, -0.2) is 0 Å². The maximum absolute atomic E-state index is 6.40. The number of para-hydroxylation sites is 1. The Balaban J connectivity index is 1.09. The fourth-order valence-corrected chi connectivity index (χ4v) is 8.87. The maximum atomic E-state index is 6.40. The van der Waals surface area contributed by atoms with E-state index >= 15 is 0 Å². The second-order valence-corrected chi connectivity index (χ2v) is 13.8. The molecule has 1 heterocycles. The van der Waals surface area contributed by atoms with Crippen molar-refractivity contribution < 1.29 is 4.42 Å². The zero-order chi connectivity index (χ0) is 32.3. The number of fused-ring (bicyclic) bond motifs is 10. The molecule has 234 valence electrons. The van der Waals surface area contributed by atoms with Crippen LogP contribution in [0.2, 0.25) is 0 Å². The molecule has 1 nitrogen and oxygen atoms in total. The zero-order valence-electron chi connectivity index (χ0n) is 27.4. The second kappa shape index (κ2) is 11.5. The summed E-state index contributed by atoms with van der Waals surface area (Å²) in [4.78, 5) is 0. The molecule has 2 atom stereocenters. The largest absolute Gasteiger partial charge is 0.456 e. The smallest absolute Gasteiger partial charge is 0.135 e. The molecule has 7 aromatic carbocycles. The molecule has 0 N–H and O–H groups in total. The van der Waals surface area contributed by atoms with E-state index in [0.29, 0.717) is 5.92 Å². The van der Waals surface area contributed by atoms with Crippen LogP contribution in [0.1, 0.15) is 58.1 Å². The molecule has 0 fully saturated rings. The second-order valence-electron chi connectivity index (χ2n) is 13.8. The number of rotatable bonds is 5. The number of furan rings is 1. The molecule has 0 saturated heterocycles. The van der Waals surface area contributed by atoms with Crippen LogP contribution in [0, 0.1) is 0 Å². The van der Waals surface area contributed by atoms with Gasteiger partial charge in [-0.05, 0) is 105 Å². The molecule has 2 aliphatic rings. The molecule has 0 aliphatic heterocycles. The van der Waals surface area contributed by atoms with Gasteiger partial charge in [0.05, 0.1) is 0 Å². The lowest BCUT2D eigenvalue weighted by atomic mass is 9.79. The Morgan fingerprint density at radius 2 is 1.27 bits per heavy atom. The Hall–Kier alpha value is -5.66. The Bertz CT molecular complexity index is 2500. The third-order valence-electron chi connectivity index (χ3n) is 11.2. The van der Waals surface area contributed by atoms with Gasteiger partial charge < -0.3 is 4.42 Å². The molecule has 0 bridgehead atoms. The Labute approximate surface area is 287 Å². The summed E-state index contributed by atoms with van der Waals surface area (Å²) in [5.74, 6) is 0.611. The fraction of sp³-hybridized carbons (Fsp3) is 0.125. The Morgan fingerprint density at radius 3 is 2.16 bits per heavy atom. The molecule has 8 aromatic rings. The summed E-state index contributed by atoms with van der Waals surface area (Å²) >= 11 is 0. The summed E-state index contributed by atoms with van der Waals surface area (Å²) in [6, 6.07) is 58.5. The van der Waals surface area contributed by atoms with E-state index in [1.165, 1.54) is 77.5 Å². The van der Waals surface area contributed by atoms with Crippen LogP contribution < -0.4 is 0 Å². The van der Waals surface area contributed by atoms with Crippen LogP contribution in [0.3, 0.4) is 0 Å². The number of hydrogen-bond donors (Lipinski definition) is 0. The highest BCUT2D eigenvalue weighted by Gasteiger charge is 2.35. The van der Waals surface area contributed by atoms with Crippen LogP contribution in [0.4, 0.5) is 0 Å². The summed E-state index contributed by atoms with van der Waals surface area (Å²) in [7, 11) is 0. The van der Waals surface area contributed by atoms with E-state index in [1.54, 1.807) is 0 Å². The standard InChI is InChI=1S/C48H36O/c1-2-10-32(11-3-1)33-21-18-31(19-22-33)20-25-43-38-14-6-7-15-39(38)44-29-28-42-36(26-23-34-12-4-5-13-37(34)47(42)48(43)44)35-24-27-41-40-16-8-9-17-45(40)49-46(41)30-35/h1-19,21-22,24,27-30,36,43H,20,23,25-26H2. The Kier molecular flexibility index (Phi) is 6.65. The van der Waals surface area contributed by atoms with Crippen molar-refractivity contribution in [2.75, 3.05) is 0 Å². The minimum absolute atomic E-state index is 0.278. The molecule has 1 aromatic heterocycles. The third kappa shape index (κ3) is 4.68. The highest BCUT2D eigenvalue weighted by atomic mass is 16.3. The molecule has 49 heavy (non-hydrogen) atoms. The van der Waals surface area contributed by atoms with Gasteiger partial charge >= 0.3 is 0 Å². The predicted octanol–water partition coefficient (Wildman–Crippen LogP) is 12.7. The summed E-state index contributed by atoms with van der Waals surface area (Å²) in [6.45, 7) is 0. The van der Waals surface area contributed by atoms with Crippen molar-refractivity contribution in [1.29, 1.82) is 0 Å². The molecular weight excluding hydrogens is 593 g/mol. The molecule has 0 radical (unpaired) electrons. The van der Waals surface area contributed by atoms with Gasteiger partial charge in [0.1, 0.15) is 11.2 Å². The van der Waals surface area contributed by atoms with E-state index in [4.69, 9.17) is 4.42 Å². The summed E-state index contributed by atoms with van der Waals surface area (Å²) in [5, 5.41) is 2.38. The lowest BCUT2D eigenvalue weighted by Crippen LogP contribution is -2.06. The normalized spacial score (nSPS) is 16.2. The van der Waals surface area contributed by atoms with Crippen molar-refractivity contribution in [3.8, 4) is 33.4 Å². The quantitative estimate of drug-likeness (QED) is 0.185. The maximum Gasteiger partial charge on any atom is 0.135 e. The molecule has 2 aliphatic carbocycles. The average molecular weight is 629 g/mol. The lowest BCUT2D eigenvalue weighted by Gasteiger charge is -2.24. The minimum Gasteiger partial charge on any atom is -0.456 e. The van der Waals surface area contributed by atoms with Crippen molar-refractivity contribution in [3.05, 3.63) is 191 Å². The van der Waals surface area contributed by atoms with Gasteiger partial charge in [-0.2, -0.15) is 0 Å². The van der Waals surface area contributed by atoms with Crippen molar-refractivity contribution in [3.63, 3.8) is 0 Å². The van der Waals surface area contributed by atoms with Crippen LogP contribution in [0.15, 0.2) is 162 Å². The third-order valence-corrected chi connectivity index (χ3v) is 11.2. The molecule has 0 amide bonds. The zero-order valence-corrected chi connectivity index (χ0v) is 27.4. The molecule has 0 spiro atoms. The van der Waals surface area contributed by atoms with E-state index in [1.807, 2.05) is 0 Å². The highest BCUT2D eigenvalue weighted by molar-refractivity contribution is 6.05. The van der Waals surface area contributed by atoms with E-state index < -0.39 is 0 Å². The van der Waals surface area contributed by atoms with Crippen molar-refractivity contribution in [1.82, 2.24) is 0 Å². The van der Waals surface area contributed by atoms with Crippen molar-refractivity contribution in [2.24, 2.45) is 0 Å². The molecule has 0 saturated carbocycles. The van der Waals surface area contributed by atoms with Crippen molar-refractivity contribution >= 4 is 21.9 Å². The first-order valence-electron chi connectivity index (χ1n) is 17.7. The van der Waals surface area contributed by atoms with Gasteiger partial charge in [0, 0.05) is 22.6 Å². The van der Waals surface area contributed by atoms with E-state index in [2.05, 4.69) is 158 Å². The van der Waals surface area contributed by atoms with Crippen LogP contribution in [0.25, 0.3) is 55.3 Å². The summed E-state index contributed by atoms with van der Waals surface area (Å²) < 4.78 is 6.40. The van der Waals surface area contributed by atoms with Gasteiger partial charge in [-0.3, -0.25) is 0 Å². The first-order valence-corrected chi connectivity index (χ1v) is 17.7. The SMILES string of the molecule is c1ccc(-c2ccc(CCC3c4ccccc4-c4ccc5c(c43)-c3ccccc3CCC5c3ccc4c(c3)oc3ccccc34)cc2)cc1. The first kappa shape index (κ1) is 28.4. The number of benzene rings is 7. The average Bonchev–Trinajstić information content (AvgIpc) is 3.64. The monoisotopic (exact) mass is 628 g/mol. The van der Waals surface area contributed by atoms with Gasteiger partial charge in [0.15, 0.2) is 0 Å². The fourth-order valence-electron chi connectivity index (χ4n) is 8.87. The highest BCUT2D eigenvalue weighted by Crippen LogP contribution is 2.55. The lowest BCUT2D eigenvalue weighted by molar-refractivity contribution is 0.665. The molecule has 2 unspecified atom stereocenters. The van der Waals surface area contributed by atoms with E-state index in [9.17, 15) is 0 Å². The van der Waals surface area contributed by atoms with Crippen LogP contribution >= 0.6 is 0 Å². The van der Waals surface area contributed by atoms with Gasteiger partial charge in [0.2, 0.25) is 0 Å². The number of aryl methyl sites for hydroxylation is 2. The predicted molar refractivity (Wildman–Crippen MR) is 203 cm³/mol. The molecule has 1 heteroatoms. The van der Waals surface area contributed by atoms with Gasteiger partial charge in [0.25, 0.3) is 0 Å². The van der Waals surface area contributed by atoms with Gasteiger partial charge in [-0.15, -0.1) is 0 Å². The molecule has 10 rings (SSSR count). The van der Waals surface area contributed by atoms with Gasteiger partial charge in [-0.1, -0.05) is 146 Å². The van der Waals surface area contributed by atoms with E-state index in [-0.39, 0.29) is 5.92 Å². The Morgan fingerprint density at radius 1 is 0.531 bits per heavy atom. The van der Waals surface area contributed by atoms with E-state index in [0.717, 1.165) is 36.8 Å². The minimum atomic E-state index is 0.278. The topological polar surface area (TPSA) is 13.1 Å². The van der Waals surface area contributed by atoms with Crippen LogP contribution in [0.5, 0.6) is 0 Å². The number of hydrogen-bond acceptors (Lipinski definition) is 1. The summed E-state index contributed by atoms with van der Waals surface area (Å²) in [5.41, 5.74) is 18.8. The summed E-state index contributed by atoms with van der Waals surface area (Å²) in [6.07, 6.45) is 4.22. The molecular formula is C48H36O. The van der Waals surface area contributed by atoms with Crippen LogP contribution in [-0.2, 0) is 12.8 Å². The first-order chi connectivity index (χ1) is 24.3. The van der Waals surface area contributed by atoms with Crippen LogP contribution in [-0.4, -0.2) is 0 Å². The van der Waals surface area contributed by atoms with Crippen molar-refractivity contribution in [2.45, 2.75) is 37.5 Å².